The Hall–Kier alpha value is -0.870. The normalized spacial score (nSPS) is 26.6. The highest BCUT2D eigenvalue weighted by Crippen LogP contribution is 2.24. The van der Waals surface area contributed by atoms with E-state index in [-0.39, 0.29) is 17.9 Å². The van der Waals surface area contributed by atoms with Gasteiger partial charge in [0.05, 0.1) is 6.61 Å². The van der Waals surface area contributed by atoms with E-state index in [2.05, 4.69) is 20.4 Å². The molecule has 0 radical (unpaired) electrons. The van der Waals surface area contributed by atoms with Crippen molar-refractivity contribution in [3.05, 3.63) is 12.7 Å². The van der Waals surface area contributed by atoms with Crippen LogP contribution in [0.2, 0.25) is 0 Å². The summed E-state index contributed by atoms with van der Waals surface area (Å²) >= 11 is 0. The molecule has 0 aromatic rings. The molecule has 1 unspecified atom stereocenters. The third-order valence-corrected chi connectivity index (χ3v) is 2.95. The van der Waals surface area contributed by atoms with Gasteiger partial charge >= 0.3 is 0 Å². The molecule has 0 saturated carbocycles. The van der Waals surface area contributed by atoms with Crippen LogP contribution in [0, 0.1) is 5.41 Å². The van der Waals surface area contributed by atoms with Crippen molar-refractivity contribution in [2.45, 2.75) is 19.9 Å². The van der Waals surface area contributed by atoms with E-state index in [1.165, 1.54) is 0 Å². The van der Waals surface area contributed by atoms with Gasteiger partial charge in [0, 0.05) is 19.6 Å². The van der Waals surface area contributed by atoms with Crippen LogP contribution in [0.25, 0.3) is 0 Å². The molecule has 1 N–H and O–H groups in total. The van der Waals surface area contributed by atoms with Crippen molar-refractivity contribution in [1.82, 2.24) is 9.80 Å². The van der Waals surface area contributed by atoms with Crippen molar-refractivity contribution in [3.63, 3.8) is 0 Å². The third kappa shape index (κ3) is 2.83. The van der Waals surface area contributed by atoms with E-state index in [0.717, 1.165) is 6.54 Å². The average Bonchev–Trinajstić information content (AvgIpc) is 2.23. The molecule has 92 valence electrons. The Balaban J connectivity index is 2.94. The smallest absolute Gasteiger partial charge is 0.242 e. The summed E-state index contributed by atoms with van der Waals surface area (Å²) in [4.78, 5) is 15.9. The zero-order valence-electron chi connectivity index (χ0n) is 10.4. The summed E-state index contributed by atoms with van der Waals surface area (Å²) in [6, 6.07) is -0.415. The molecule has 1 fully saturated rings. The van der Waals surface area contributed by atoms with Crippen LogP contribution in [0.15, 0.2) is 12.7 Å². The molecule has 1 saturated heterocycles. The summed E-state index contributed by atoms with van der Waals surface area (Å²) in [6.45, 7) is 9.86. The number of aliphatic hydroxyl groups is 1. The molecule has 1 atom stereocenters. The quantitative estimate of drug-likeness (QED) is 0.705. The predicted molar refractivity (Wildman–Crippen MR) is 64.1 cm³/mol. The molecule has 0 aliphatic carbocycles. The van der Waals surface area contributed by atoms with Crippen molar-refractivity contribution in [2.24, 2.45) is 5.41 Å². The van der Waals surface area contributed by atoms with Crippen molar-refractivity contribution in [1.29, 1.82) is 0 Å². The molecule has 4 nitrogen and oxygen atoms in total. The monoisotopic (exact) mass is 226 g/mol. The topological polar surface area (TPSA) is 43.8 Å². The van der Waals surface area contributed by atoms with Crippen LogP contribution in [0.3, 0.4) is 0 Å². The summed E-state index contributed by atoms with van der Waals surface area (Å²) in [6.07, 6.45) is 1.73. The molecular weight excluding hydrogens is 204 g/mol. The number of hydrogen-bond donors (Lipinski definition) is 1. The molecule has 0 aromatic heterocycles. The Kier molecular flexibility index (Phi) is 4.10. The van der Waals surface area contributed by atoms with Gasteiger partial charge in [-0.2, -0.15) is 0 Å². The first-order valence-electron chi connectivity index (χ1n) is 5.62. The standard InChI is InChI=1S/C12H22N2O2/c1-5-6-14-9-12(2,3)8-13(4)10(7-15)11(14)16/h5,10,15H,1,6-9H2,2-4H3. The second kappa shape index (κ2) is 4.97. The zero-order valence-corrected chi connectivity index (χ0v) is 10.4. The Morgan fingerprint density at radius 3 is 2.69 bits per heavy atom. The summed E-state index contributed by atoms with van der Waals surface area (Å²) in [7, 11) is 1.89. The van der Waals surface area contributed by atoms with Crippen LogP contribution >= 0.6 is 0 Å². The van der Waals surface area contributed by atoms with E-state index in [4.69, 9.17) is 0 Å². The SMILES string of the molecule is C=CCN1CC(C)(C)CN(C)C(CO)C1=O. The van der Waals surface area contributed by atoms with Gasteiger partial charge in [0.2, 0.25) is 5.91 Å². The number of nitrogens with zero attached hydrogens (tertiary/aromatic N) is 2. The summed E-state index contributed by atoms with van der Waals surface area (Å²) in [5.41, 5.74) is 0.0390. The molecule has 1 heterocycles. The number of amides is 1. The van der Waals surface area contributed by atoms with Crippen LogP contribution in [-0.4, -0.2) is 60.1 Å². The number of hydrogen-bond acceptors (Lipinski definition) is 3. The molecule has 0 aromatic carbocycles. The minimum Gasteiger partial charge on any atom is -0.394 e. The van der Waals surface area contributed by atoms with Crippen LogP contribution in [-0.2, 0) is 4.79 Å². The fourth-order valence-electron chi connectivity index (χ4n) is 2.36. The predicted octanol–water partition coefficient (Wildman–Crippen LogP) is 0.333. The van der Waals surface area contributed by atoms with Gasteiger partial charge in [-0.15, -0.1) is 6.58 Å². The molecule has 4 heteroatoms. The number of likely N-dealkylation sites (N-methyl/N-ethyl adjacent to an activating group) is 1. The maximum atomic E-state index is 12.1. The molecule has 0 spiro atoms. The van der Waals surface area contributed by atoms with Crippen molar-refractivity contribution in [3.8, 4) is 0 Å². The largest absolute Gasteiger partial charge is 0.394 e. The Bertz CT molecular complexity index is 276. The zero-order chi connectivity index (χ0) is 12.3. The maximum absolute atomic E-state index is 12.1. The van der Waals surface area contributed by atoms with Gasteiger partial charge in [-0.05, 0) is 12.5 Å². The second-order valence-corrected chi connectivity index (χ2v) is 5.29. The van der Waals surface area contributed by atoms with Gasteiger partial charge < -0.3 is 10.0 Å². The summed E-state index contributed by atoms with van der Waals surface area (Å²) in [5, 5.41) is 9.30. The third-order valence-electron chi connectivity index (χ3n) is 2.95. The first kappa shape index (κ1) is 13.2. The fraction of sp³-hybridized carbons (Fsp3) is 0.750. The van der Waals surface area contributed by atoms with Gasteiger partial charge in [0.1, 0.15) is 6.04 Å². The first-order valence-corrected chi connectivity index (χ1v) is 5.62. The fourth-order valence-corrected chi connectivity index (χ4v) is 2.36. The highest BCUT2D eigenvalue weighted by atomic mass is 16.3. The van der Waals surface area contributed by atoms with Gasteiger partial charge in [-0.3, -0.25) is 9.69 Å². The lowest BCUT2D eigenvalue weighted by molar-refractivity contribution is -0.136. The first-order chi connectivity index (χ1) is 7.41. The molecule has 0 bridgehead atoms. The lowest BCUT2D eigenvalue weighted by atomic mass is 9.92. The molecule has 1 aliphatic rings. The Morgan fingerprint density at radius 1 is 1.56 bits per heavy atom. The highest BCUT2D eigenvalue weighted by molar-refractivity contribution is 5.82. The van der Waals surface area contributed by atoms with Gasteiger partial charge in [-0.25, -0.2) is 0 Å². The lowest BCUT2D eigenvalue weighted by Gasteiger charge is -2.29. The maximum Gasteiger partial charge on any atom is 0.242 e. The highest BCUT2D eigenvalue weighted by Gasteiger charge is 2.36. The average molecular weight is 226 g/mol. The van der Waals surface area contributed by atoms with Crippen molar-refractivity contribution >= 4 is 5.91 Å². The van der Waals surface area contributed by atoms with E-state index in [0.29, 0.717) is 13.1 Å². The van der Waals surface area contributed by atoms with Gasteiger partial charge in [-0.1, -0.05) is 19.9 Å². The number of aliphatic hydroxyl groups excluding tert-OH is 1. The van der Waals surface area contributed by atoms with E-state index in [9.17, 15) is 9.90 Å². The van der Waals surface area contributed by atoms with Gasteiger partial charge in [0.25, 0.3) is 0 Å². The van der Waals surface area contributed by atoms with E-state index in [1.807, 2.05) is 11.9 Å². The minimum absolute atomic E-state index is 0.00419. The van der Waals surface area contributed by atoms with Crippen LogP contribution in [0.1, 0.15) is 13.8 Å². The van der Waals surface area contributed by atoms with E-state index < -0.39 is 6.04 Å². The van der Waals surface area contributed by atoms with E-state index in [1.54, 1.807) is 11.0 Å². The minimum atomic E-state index is -0.415. The summed E-state index contributed by atoms with van der Waals surface area (Å²) < 4.78 is 0. The van der Waals surface area contributed by atoms with E-state index >= 15 is 0 Å². The lowest BCUT2D eigenvalue weighted by Crippen LogP contribution is -2.46. The Morgan fingerprint density at radius 2 is 2.19 bits per heavy atom. The molecular formula is C12H22N2O2. The van der Waals surface area contributed by atoms with Crippen molar-refractivity contribution in [2.75, 3.05) is 33.3 Å². The van der Waals surface area contributed by atoms with Crippen molar-refractivity contribution < 1.29 is 9.90 Å². The molecule has 1 amide bonds. The summed E-state index contributed by atoms with van der Waals surface area (Å²) in [5.74, 6) is -0.00419. The molecule has 1 aliphatic heterocycles. The van der Waals surface area contributed by atoms with Crippen LogP contribution in [0.4, 0.5) is 0 Å². The number of rotatable bonds is 3. The van der Waals surface area contributed by atoms with Gasteiger partial charge in [0.15, 0.2) is 0 Å². The number of carbonyl (C=O) groups excluding carboxylic acids is 1. The number of carbonyl (C=O) groups is 1. The van der Waals surface area contributed by atoms with Crippen LogP contribution in [0.5, 0.6) is 0 Å². The van der Waals surface area contributed by atoms with Crippen LogP contribution < -0.4 is 0 Å². The Labute approximate surface area is 97.5 Å². The molecule has 1 rings (SSSR count). The second-order valence-electron chi connectivity index (χ2n) is 5.29. The molecule has 16 heavy (non-hydrogen) atoms.